The number of aryl methyl sites for hydroxylation is 1. The van der Waals surface area contributed by atoms with Crippen LogP contribution in [0.5, 0.6) is 0 Å². The van der Waals surface area contributed by atoms with Crippen molar-refractivity contribution in [2.24, 2.45) is 5.73 Å². The van der Waals surface area contributed by atoms with Gasteiger partial charge in [0.05, 0.1) is 0 Å². The number of nitrogens with zero attached hydrogens (tertiary/aromatic N) is 1. The highest BCUT2D eigenvalue weighted by atomic mass is 16.1. The van der Waals surface area contributed by atoms with Gasteiger partial charge in [-0.05, 0) is 44.2 Å². The summed E-state index contributed by atoms with van der Waals surface area (Å²) in [7, 11) is 0. The summed E-state index contributed by atoms with van der Waals surface area (Å²) in [6.07, 6.45) is 4.57. The third kappa shape index (κ3) is 2.80. The maximum Gasteiger partial charge on any atom is 0.236 e. The lowest BCUT2D eigenvalue weighted by Crippen LogP contribution is -2.53. The van der Waals surface area contributed by atoms with Gasteiger partial charge in [0.15, 0.2) is 0 Å². The molecule has 1 fully saturated rings. The summed E-state index contributed by atoms with van der Waals surface area (Å²) in [5, 5.41) is 3.37. The number of rotatable bonds is 5. The van der Waals surface area contributed by atoms with Gasteiger partial charge in [0.25, 0.3) is 0 Å². The number of benzene rings is 1. The van der Waals surface area contributed by atoms with Crippen LogP contribution in [0.2, 0.25) is 0 Å². The van der Waals surface area contributed by atoms with Crippen molar-refractivity contribution in [3.05, 3.63) is 29.8 Å². The van der Waals surface area contributed by atoms with Gasteiger partial charge in [0.2, 0.25) is 5.91 Å². The second-order valence-corrected chi connectivity index (χ2v) is 6.06. The van der Waals surface area contributed by atoms with Crippen molar-refractivity contribution in [1.29, 1.82) is 0 Å². The fourth-order valence-electron chi connectivity index (χ4n) is 2.99. The van der Waals surface area contributed by atoms with E-state index in [4.69, 9.17) is 5.73 Å². The molecule has 2 aliphatic rings. The van der Waals surface area contributed by atoms with Crippen LogP contribution in [-0.4, -0.2) is 30.6 Å². The molecule has 1 aliphatic heterocycles. The minimum atomic E-state index is -0.254. The average Bonchev–Trinajstić information content (AvgIpc) is 3.24. The molecule has 2 unspecified atom stereocenters. The minimum absolute atomic E-state index is 0.243. The average molecular weight is 273 g/mol. The molecule has 0 aromatic heterocycles. The number of fused-ring (bicyclic) bond motifs is 1. The summed E-state index contributed by atoms with van der Waals surface area (Å²) in [4.78, 5) is 14.0. The van der Waals surface area contributed by atoms with Crippen molar-refractivity contribution in [3.63, 3.8) is 0 Å². The van der Waals surface area contributed by atoms with Crippen LogP contribution in [0.25, 0.3) is 0 Å². The van der Waals surface area contributed by atoms with Crippen LogP contribution in [0.3, 0.4) is 0 Å². The van der Waals surface area contributed by atoms with E-state index < -0.39 is 0 Å². The van der Waals surface area contributed by atoms with Crippen molar-refractivity contribution in [2.75, 3.05) is 11.4 Å². The fraction of sp³-hybridized carbons (Fsp3) is 0.562. The largest absolute Gasteiger partial charge is 0.368 e. The van der Waals surface area contributed by atoms with Crippen molar-refractivity contribution in [2.45, 2.75) is 50.7 Å². The van der Waals surface area contributed by atoms with Crippen LogP contribution < -0.4 is 16.0 Å². The number of hydrogen-bond acceptors (Lipinski definition) is 3. The maximum absolute atomic E-state index is 11.7. The first-order valence-corrected chi connectivity index (χ1v) is 7.55. The quantitative estimate of drug-likeness (QED) is 0.853. The van der Waals surface area contributed by atoms with Gasteiger partial charge in [-0.3, -0.25) is 4.79 Å². The van der Waals surface area contributed by atoms with E-state index in [0.29, 0.717) is 18.6 Å². The Hall–Kier alpha value is -1.55. The van der Waals surface area contributed by atoms with Crippen LogP contribution in [-0.2, 0) is 11.2 Å². The summed E-state index contributed by atoms with van der Waals surface area (Å²) in [6.45, 7) is 2.90. The van der Waals surface area contributed by atoms with Gasteiger partial charge < -0.3 is 16.0 Å². The molecule has 1 heterocycles. The zero-order valence-corrected chi connectivity index (χ0v) is 12.0. The highest BCUT2D eigenvalue weighted by molar-refractivity contribution is 5.81. The Morgan fingerprint density at radius 2 is 2.15 bits per heavy atom. The first-order chi connectivity index (χ1) is 9.65. The highest BCUT2D eigenvalue weighted by Crippen LogP contribution is 2.30. The number of hydrogen-bond donors (Lipinski definition) is 2. The molecule has 1 aliphatic carbocycles. The summed E-state index contributed by atoms with van der Waals surface area (Å²) < 4.78 is 0. The molecule has 1 aromatic carbocycles. The monoisotopic (exact) mass is 273 g/mol. The molecular weight excluding hydrogens is 250 g/mol. The Morgan fingerprint density at radius 3 is 2.85 bits per heavy atom. The predicted octanol–water partition coefficient (Wildman–Crippen LogP) is 1.43. The standard InChI is InChI=1S/C16H23N3O/c1-11-6-7-12-4-2-3-5-15(12)19(11)10-14(16(17)20)18-13-8-9-13/h2-5,11,13-14,18H,6-10H2,1H3,(H2,17,20). The minimum Gasteiger partial charge on any atom is -0.368 e. The summed E-state index contributed by atoms with van der Waals surface area (Å²) in [6, 6.07) is 9.17. The molecule has 2 atom stereocenters. The molecule has 4 nitrogen and oxygen atoms in total. The van der Waals surface area contributed by atoms with E-state index in [1.165, 1.54) is 11.3 Å². The van der Waals surface area contributed by atoms with E-state index in [9.17, 15) is 4.79 Å². The number of nitrogens with one attached hydrogen (secondary N) is 1. The van der Waals surface area contributed by atoms with Gasteiger partial charge in [-0.15, -0.1) is 0 Å². The van der Waals surface area contributed by atoms with Crippen molar-refractivity contribution in [1.82, 2.24) is 5.32 Å². The highest BCUT2D eigenvalue weighted by Gasteiger charge is 2.31. The van der Waals surface area contributed by atoms with Crippen molar-refractivity contribution < 1.29 is 4.79 Å². The molecule has 20 heavy (non-hydrogen) atoms. The van der Waals surface area contributed by atoms with E-state index in [1.54, 1.807) is 0 Å². The maximum atomic E-state index is 11.7. The number of carbonyl (C=O) groups is 1. The van der Waals surface area contributed by atoms with E-state index in [0.717, 1.165) is 25.7 Å². The molecule has 1 saturated carbocycles. The van der Waals surface area contributed by atoms with Gasteiger partial charge in [-0.1, -0.05) is 18.2 Å². The Kier molecular flexibility index (Phi) is 3.66. The lowest BCUT2D eigenvalue weighted by molar-refractivity contribution is -0.119. The molecule has 0 spiro atoms. The number of para-hydroxylation sites is 1. The molecule has 0 saturated heterocycles. The number of anilines is 1. The topological polar surface area (TPSA) is 58.4 Å². The SMILES string of the molecule is CC1CCc2ccccc2N1CC(NC1CC1)C(N)=O. The third-order valence-corrected chi connectivity index (χ3v) is 4.40. The fourth-order valence-corrected chi connectivity index (χ4v) is 2.99. The third-order valence-electron chi connectivity index (χ3n) is 4.40. The van der Waals surface area contributed by atoms with Gasteiger partial charge >= 0.3 is 0 Å². The normalized spacial score (nSPS) is 23.2. The molecular formula is C16H23N3O. The molecule has 4 heteroatoms. The first-order valence-electron chi connectivity index (χ1n) is 7.55. The van der Waals surface area contributed by atoms with Crippen LogP contribution >= 0.6 is 0 Å². The Bertz CT molecular complexity index is 498. The zero-order valence-electron chi connectivity index (χ0n) is 12.0. The van der Waals surface area contributed by atoms with Gasteiger partial charge in [0, 0.05) is 24.3 Å². The molecule has 3 N–H and O–H groups in total. The van der Waals surface area contributed by atoms with E-state index in [-0.39, 0.29) is 11.9 Å². The molecule has 1 aromatic rings. The van der Waals surface area contributed by atoms with Crippen LogP contribution in [0.4, 0.5) is 5.69 Å². The summed E-state index contributed by atoms with van der Waals surface area (Å²) >= 11 is 0. The van der Waals surface area contributed by atoms with Crippen LogP contribution in [0.15, 0.2) is 24.3 Å². The summed E-state index contributed by atoms with van der Waals surface area (Å²) in [5.74, 6) is -0.243. The number of carbonyl (C=O) groups excluding carboxylic acids is 1. The van der Waals surface area contributed by atoms with Crippen LogP contribution in [0, 0.1) is 0 Å². The predicted molar refractivity (Wildman–Crippen MR) is 80.7 cm³/mol. The van der Waals surface area contributed by atoms with Crippen molar-refractivity contribution >= 4 is 11.6 Å². The number of nitrogens with two attached hydrogens (primary N) is 1. The van der Waals surface area contributed by atoms with Crippen LogP contribution in [0.1, 0.15) is 31.7 Å². The van der Waals surface area contributed by atoms with Gasteiger partial charge in [0.1, 0.15) is 6.04 Å². The number of primary amides is 1. The summed E-state index contributed by atoms with van der Waals surface area (Å²) in [5.41, 5.74) is 8.20. The Labute approximate surface area is 120 Å². The van der Waals surface area contributed by atoms with E-state index >= 15 is 0 Å². The van der Waals surface area contributed by atoms with Gasteiger partial charge in [-0.25, -0.2) is 0 Å². The molecule has 0 bridgehead atoms. The smallest absolute Gasteiger partial charge is 0.236 e. The zero-order chi connectivity index (χ0) is 14.1. The second kappa shape index (κ2) is 5.44. The van der Waals surface area contributed by atoms with E-state index in [2.05, 4.69) is 41.4 Å². The molecule has 1 amide bonds. The number of amides is 1. The molecule has 0 radical (unpaired) electrons. The Balaban J connectivity index is 1.78. The Morgan fingerprint density at radius 1 is 1.40 bits per heavy atom. The lowest BCUT2D eigenvalue weighted by atomic mass is 9.96. The molecule has 3 rings (SSSR count). The lowest BCUT2D eigenvalue weighted by Gasteiger charge is -2.39. The molecule has 108 valence electrons. The first kappa shape index (κ1) is 13.4. The van der Waals surface area contributed by atoms with Gasteiger partial charge in [-0.2, -0.15) is 0 Å². The van der Waals surface area contributed by atoms with Crippen molar-refractivity contribution in [3.8, 4) is 0 Å². The second-order valence-electron chi connectivity index (χ2n) is 6.06. The van der Waals surface area contributed by atoms with E-state index in [1.807, 2.05) is 0 Å².